The van der Waals surface area contributed by atoms with Crippen LogP contribution in [0.25, 0.3) is 0 Å². The van der Waals surface area contributed by atoms with Crippen LogP contribution in [0.3, 0.4) is 0 Å². The Morgan fingerprint density at radius 1 is 0.613 bits per heavy atom. The van der Waals surface area contributed by atoms with Gasteiger partial charge in [-0.1, -0.05) is 12.1 Å². The zero-order valence-corrected chi connectivity index (χ0v) is 37.0. The van der Waals surface area contributed by atoms with Crippen molar-refractivity contribution >= 4 is 35.4 Å². The number of nitrogens with zero attached hydrogens (tertiary/aromatic N) is 2. The summed E-state index contributed by atoms with van der Waals surface area (Å²) in [5, 5.41) is 17.3. The van der Waals surface area contributed by atoms with Crippen LogP contribution < -0.4 is 50.8 Å². The third-order valence-corrected chi connectivity index (χ3v) is 11.2. The highest BCUT2D eigenvalue weighted by atomic mass is 16.5. The van der Waals surface area contributed by atoms with E-state index >= 15 is 0 Å². The van der Waals surface area contributed by atoms with Crippen LogP contribution in [0.4, 0.5) is 0 Å². The summed E-state index contributed by atoms with van der Waals surface area (Å²) in [6.45, 7) is 4.45. The first-order valence-electron chi connectivity index (χ1n) is 20.8. The van der Waals surface area contributed by atoms with Crippen LogP contribution in [0.2, 0.25) is 0 Å². The van der Waals surface area contributed by atoms with Gasteiger partial charge in [0.2, 0.25) is 23.6 Å². The fourth-order valence-electron chi connectivity index (χ4n) is 7.43. The molecule has 0 aromatic heterocycles. The molecule has 2 aromatic carbocycles. The van der Waals surface area contributed by atoms with Crippen molar-refractivity contribution in [3.05, 3.63) is 47.5 Å². The molecule has 3 unspecified atom stereocenters. The number of likely N-dealkylation sites (N-methyl/N-ethyl adjacent to an activating group) is 2. The van der Waals surface area contributed by atoms with E-state index in [4.69, 9.17) is 18.9 Å². The molecule has 2 aliphatic rings. The molecule has 0 bridgehead atoms. The van der Waals surface area contributed by atoms with Gasteiger partial charge in [-0.25, -0.2) is 0 Å². The molecule has 18 nitrogen and oxygen atoms in total. The molecule has 0 radical (unpaired) electrons. The van der Waals surface area contributed by atoms with Gasteiger partial charge in [0.25, 0.3) is 11.8 Å². The summed E-state index contributed by atoms with van der Waals surface area (Å²) < 4.78 is 21.6. The highest BCUT2D eigenvalue weighted by Crippen LogP contribution is 2.30. The first-order chi connectivity index (χ1) is 29.8. The molecule has 2 aromatic rings. The van der Waals surface area contributed by atoms with Crippen molar-refractivity contribution in [2.75, 3.05) is 68.7 Å². The number of rotatable bonds is 20. The summed E-state index contributed by atoms with van der Waals surface area (Å²) in [5.74, 6) is 5.00. The van der Waals surface area contributed by atoms with Gasteiger partial charge in [0.1, 0.15) is 46.2 Å². The Bertz CT molecular complexity index is 1790. The normalized spacial score (nSPS) is 17.6. The molecule has 0 aliphatic carbocycles. The average Bonchev–Trinajstić information content (AvgIpc) is 3.98. The van der Waals surface area contributed by atoms with Crippen molar-refractivity contribution in [1.29, 1.82) is 0 Å². The zero-order valence-electron chi connectivity index (χ0n) is 37.0. The first kappa shape index (κ1) is 48.6. The van der Waals surface area contributed by atoms with Crippen molar-refractivity contribution in [1.82, 2.24) is 41.7 Å². The summed E-state index contributed by atoms with van der Waals surface area (Å²) in [6.07, 6.45) is 2.46. The summed E-state index contributed by atoms with van der Waals surface area (Å²) in [7, 11) is 9.11. The molecule has 6 atom stereocenters. The maximum Gasteiger partial charge on any atom is 0.258 e. The Hall–Kier alpha value is -6.06. The largest absolute Gasteiger partial charge is 0.496 e. The molecule has 18 heteroatoms. The molecule has 6 N–H and O–H groups in total. The van der Waals surface area contributed by atoms with Gasteiger partial charge in [0.05, 0.1) is 40.5 Å². The monoisotopic (exact) mass is 862 g/mol. The number of ether oxygens (including phenoxy) is 4. The number of likely N-dealkylation sites (tertiary alicyclic amines) is 2. The quantitative estimate of drug-likeness (QED) is 0.102. The Kier molecular flexibility index (Phi) is 18.7. The maximum absolute atomic E-state index is 14.2. The Balaban J connectivity index is 1.49. The second kappa shape index (κ2) is 23.8. The minimum absolute atomic E-state index is 0.0818. The molecule has 338 valence electrons. The molecule has 0 saturated carbocycles. The molecule has 0 spiro atoms. The summed E-state index contributed by atoms with van der Waals surface area (Å²) in [6, 6.07) is 6.05. The molecule has 2 saturated heterocycles. The summed E-state index contributed by atoms with van der Waals surface area (Å²) >= 11 is 0. The average molecular weight is 863 g/mol. The van der Waals surface area contributed by atoms with E-state index in [9.17, 15) is 28.8 Å². The highest BCUT2D eigenvalue weighted by molar-refractivity contribution is 6.00. The van der Waals surface area contributed by atoms with Crippen molar-refractivity contribution in [2.24, 2.45) is 0 Å². The highest BCUT2D eigenvalue weighted by Gasteiger charge is 2.36. The van der Waals surface area contributed by atoms with Gasteiger partial charge in [-0.2, -0.15) is 0 Å². The fraction of sp³-hybridized carbons (Fsp3) is 0.545. The zero-order chi connectivity index (χ0) is 45.3. The molecule has 2 heterocycles. The van der Waals surface area contributed by atoms with Crippen LogP contribution in [0.1, 0.15) is 73.1 Å². The van der Waals surface area contributed by atoms with E-state index in [0.29, 0.717) is 61.8 Å². The van der Waals surface area contributed by atoms with E-state index in [2.05, 4.69) is 43.7 Å². The van der Waals surface area contributed by atoms with Crippen molar-refractivity contribution in [2.45, 2.75) is 88.6 Å². The van der Waals surface area contributed by atoms with Crippen LogP contribution in [0.5, 0.6) is 23.0 Å². The van der Waals surface area contributed by atoms with Crippen LogP contribution in [-0.2, 0) is 19.2 Å². The van der Waals surface area contributed by atoms with Crippen molar-refractivity contribution in [3.8, 4) is 34.8 Å². The van der Waals surface area contributed by atoms with Gasteiger partial charge >= 0.3 is 0 Å². The van der Waals surface area contributed by atoms with E-state index in [1.165, 1.54) is 28.4 Å². The van der Waals surface area contributed by atoms with Gasteiger partial charge in [-0.05, 0) is 77.9 Å². The van der Waals surface area contributed by atoms with Gasteiger partial charge in [-0.3, -0.25) is 28.8 Å². The van der Waals surface area contributed by atoms with Crippen LogP contribution in [0, 0.1) is 11.8 Å². The third kappa shape index (κ3) is 12.3. The number of methoxy groups -OCH3 is 4. The van der Waals surface area contributed by atoms with E-state index in [1.54, 1.807) is 74.1 Å². The number of benzene rings is 2. The number of carbonyl (C=O) groups is 6. The van der Waals surface area contributed by atoms with Gasteiger partial charge in [0, 0.05) is 51.1 Å². The predicted molar refractivity (Wildman–Crippen MR) is 231 cm³/mol. The lowest BCUT2D eigenvalue weighted by molar-refractivity contribution is -0.137. The standard InChI is InChI=1S/C44H62N8O10/c1-27(45-3)39(53)49-31(43(57)51-23-13-15-29(51)25-47-41(55)37-33(59-5)19-11-20-34(37)60-6)17-9-10-18-32(50-40(54)28(2)46-4)44(58)52-24-14-16-30(52)26-48-42(56)38-35(61-7)21-12-22-36(38)62-8/h11-12,19-22,27-32,45-46H,13-18,23-26H2,1-8H3,(H,47,55)(H,48,56)(H,49,53)(H,50,54)/t27-,28-,29?,30?,31-,32?/m0/s1. The number of hydrogen-bond donors (Lipinski definition) is 6. The lowest BCUT2D eigenvalue weighted by Crippen LogP contribution is -2.54. The minimum atomic E-state index is -1.04. The summed E-state index contributed by atoms with van der Waals surface area (Å²) in [4.78, 5) is 84.6. The van der Waals surface area contributed by atoms with E-state index in [-0.39, 0.29) is 61.0 Å². The van der Waals surface area contributed by atoms with Gasteiger partial charge in [-0.15, -0.1) is 11.8 Å². The van der Waals surface area contributed by atoms with E-state index in [0.717, 1.165) is 0 Å². The third-order valence-electron chi connectivity index (χ3n) is 11.2. The van der Waals surface area contributed by atoms with Crippen molar-refractivity contribution < 1.29 is 47.7 Å². The number of nitrogens with one attached hydrogen (secondary N) is 6. The van der Waals surface area contributed by atoms with Crippen LogP contribution in [0.15, 0.2) is 36.4 Å². The Labute approximate surface area is 363 Å². The second-order valence-corrected chi connectivity index (χ2v) is 15.1. The first-order valence-corrected chi connectivity index (χ1v) is 20.8. The summed E-state index contributed by atoms with van der Waals surface area (Å²) in [5.41, 5.74) is 0.473. The smallest absolute Gasteiger partial charge is 0.258 e. The SMILES string of the molecule is CN[C@@H](C)C(=O)NC(CC#CC[C@H](NC(=O)[C@H](C)NC)C(=O)N1CCCC1CNC(=O)c1c(OC)cccc1OC)C(=O)N1CCCC1CNC(=O)c1c(OC)cccc1OC. The number of carbonyl (C=O) groups excluding carboxylic acids is 6. The Morgan fingerprint density at radius 2 is 0.952 bits per heavy atom. The molecule has 62 heavy (non-hydrogen) atoms. The molecule has 6 amide bonds. The molecular weight excluding hydrogens is 801 g/mol. The van der Waals surface area contributed by atoms with Crippen LogP contribution in [-0.4, -0.2) is 150 Å². The Morgan fingerprint density at radius 3 is 1.26 bits per heavy atom. The van der Waals surface area contributed by atoms with Gasteiger partial charge in [0.15, 0.2) is 0 Å². The molecule has 4 rings (SSSR count). The fourth-order valence-corrected chi connectivity index (χ4v) is 7.43. The topological polar surface area (TPSA) is 218 Å². The predicted octanol–water partition coefficient (Wildman–Crippen LogP) is 0.832. The van der Waals surface area contributed by atoms with E-state index < -0.39 is 47.8 Å². The lowest BCUT2D eigenvalue weighted by atomic mass is 10.1. The molecule has 2 aliphatic heterocycles. The minimum Gasteiger partial charge on any atom is -0.496 e. The number of amides is 6. The molecule has 2 fully saturated rings. The maximum atomic E-state index is 14.2. The number of hydrogen-bond acceptors (Lipinski definition) is 12. The van der Waals surface area contributed by atoms with Crippen molar-refractivity contribution in [3.63, 3.8) is 0 Å². The van der Waals surface area contributed by atoms with Gasteiger partial charge < -0.3 is 60.6 Å². The molecular formula is C44H62N8O10. The lowest BCUT2D eigenvalue weighted by Gasteiger charge is -2.30. The van der Waals surface area contributed by atoms with E-state index in [1.807, 2.05) is 0 Å². The van der Waals surface area contributed by atoms with Crippen LogP contribution >= 0.6 is 0 Å². The second-order valence-electron chi connectivity index (χ2n) is 15.1.